The summed E-state index contributed by atoms with van der Waals surface area (Å²) in [6.07, 6.45) is 7.34. The molecule has 0 saturated carbocycles. The zero-order valence-electron chi connectivity index (χ0n) is 16.7. The summed E-state index contributed by atoms with van der Waals surface area (Å²) in [6, 6.07) is 7.18. The van der Waals surface area contributed by atoms with Crippen molar-refractivity contribution in [2.24, 2.45) is 5.92 Å². The molecule has 156 valence electrons. The van der Waals surface area contributed by atoms with Crippen LogP contribution in [0.3, 0.4) is 0 Å². The van der Waals surface area contributed by atoms with Crippen molar-refractivity contribution in [3.8, 4) is 23.0 Å². The van der Waals surface area contributed by atoms with E-state index in [9.17, 15) is 4.79 Å². The van der Waals surface area contributed by atoms with Crippen LogP contribution >= 0.6 is 0 Å². The summed E-state index contributed by atoms with van der Waals surface area (Å²) in [7, 11) is 1.61. The number of piperidine rings is 1. The highest BCUT2D eigenvalue weighted by atomic mass is 16.5. The van der Waals surface area contributed by atoms with Gasteiger partial charge in [0.2, 0.25) is 11.7 Å². The molecule has 1 atom stereocenters. The standard InChI is InChI=1S/C21H23N5O4/c1-28-16-4-6-17(7-5-16)29-14-20(27)26-10-2-3-15(13-26)11-19-24-21(25-30-19)18-12-22-8-9-23-18/h4-9,12,15H,2-3,10-11,13-14H2,1H3. The second kappa shape index (κ2) is 9.34. The average molecular weight is 409 g/mol. The molecule has 1 aliphatic heterocycles. The third kappa shape index (κ3) is 4.91. The van der Waals surface area contributed by atoms with Crippen LogP contribution in [0.15, 0.2) is 47.4 Å². The smallest absolute Gasteiger partial charge is 0.260 e. The number of hydrogen-bond acceptors (Lipinski definition) is 8. The number of aromatic nitrogens is 4. The van der Waals surface area contributed by atoms with Crippen molar-refractivity contribution >= 4 is 5.91 Å². The normalized spacial score (nSPS) is 16.3. The first-order chi connectivity index (χ1) is 14.7. The van der Waals surface area contributed by atoms with Crippen molar-refractivity contribution < 1.29 is 18.8 Å². The first-order valence-corrected chi connectivity index (χ1v) is 9.85. The number of nitrogens with zero attached hydrogens (tertiary/aromatic N) is 5. The van der Waals surface area contributed by atoms with Crippen molar-refractivity contribution in [1.82, 2.24) is 25.0 Å². The molecule has 2 aromatic heterocycles. The minimum absolute atomic E-state index is 0.0103. The Balaban J connectivity index is 1.29. The Morgan fingerprint density at radius 1 is 1.23 bits per heavy atom. The molecule has 3 aromatic rings. The van der Waals surface area contributed by atoms with Crippen molar-refractivity contribution in [2.75, 3.05) is 26.8 Å². The van der Waals surface area contributed by atoms with Gasteiger partial charge in [-0.25, -0.2) is 4.98 Å². The van der Waals surface area contributed by atoms with Crippen LogP contribution in [-0.4, -0.2) is 57.7 Å². The topological polar surface area (TPSA) is 103 Å². The summed E-state index contributed by atoms with van der Waals surface area (Å²) in [5.41, 5.74) is 0.573. The number of likely N-dealkylation sites (tertiary alicyclic amines) is 1. The Morgan fingerprint density at radius 2 is 2.07 bits per heavy atom. The molecule has 0 N–H and O–H groups in total. The lowest BCUT2D eigenvalue weighted by Crippen LogP contribution is -2.42. The molecule has 1 aromatic carbocycles. The fourth-order valence-corrected chi connectivity index (χ4v) is 3.47. The number of benzene rings is 1. The van der Waals surface area contributed by atoms with E-state index >= 15 is 0 Å². The van der Waals surface area contributed by atoms with Gasteiger partial charge >= 0.3 is 0 Å². The molecule has 1 aliphatic rings. The molecule has 9 heteroatoms. The molecule has 0 radical (unpaired) electrons. The highest BCUT2D eigenvalue weighted by molar-refractivity contribution is 5.77. The van der Waals surface area contributed by atoms with Crippen LogP contribution in [0.1, 0.15) is 18.7 Å². The van der Waals surface area contributed by atoms with Crippen molar-refractivity contribution in [3.05, 3.63) is 48.7 Å². The number of hydrogen-bond donors (Lipinski definition) is 0. The van der Waals surface area contributed by atoms with Gasteiger partial charge in [-0.2, -0.15) is 4.98 Å². The predicted molar refractivity (Wildman–Crippen MR) is 107 cm³/mol. The number of carbonyl (C=O) groups excluding carboxylic acids is 1. The third-order valence-electron chi connectivity index (χ3n) is 5.02. The van der Waals surface area contributed by atoms with E-state index in [2.05, 4.69) is 20.1 Å². The van der Waals surface area contributed by atoms with Gasteiger partial charge in [-0.1, -0.05) is 5.16 Å². The number of amides is 1. The maximum atomic E-state index is 12.6. The molecule has 30 heavy (non-hydrogen) atoms. The molecular weight excluding hydrogens is 386 g/mol. The van der Waals surface area contributed by atoms with Crippen LogP contribution in [0.2, 0.25) is 0 Å². The van der Waals surface area contributed by atoms with Gasteiger partial charge in [0.05, 0.1) is 13.3 Å². The van der Waals surface area contributed by atoms with Gasteiger partial charge < -0.3 is 18.9 Å². The fourth-order valence-electron chi connectivity index (χ4n) is 3.47. The summed E-state index contributed by atoms with van der Waals surface area (Å²) < 4.78 is 16.1. The minimum Gasteiger partial charge on any atom is -0.497 e. The van der Waals surface area contributed by atoms with Crippen LogP contribution in [0.4, 0.5) is 0 Å². The summed E-state index contributed by atoms with van der Waals surface area (Å²) in [6.45, 7) is 1.39. The Hall–Kier alpha value is -3.49. The Morgan fingerprint density at radius 3 is 2.83 bits per heavy atom. The average Bonchev–Trinajstić information content (AvgIpc) is 3.27. The summed E-state index contributed by atoms with van der Waals surface area (Å²) >= 11 is 0. The first kappa shape index (κ1) is 19.8. The van der Waals surface area contributed by atoms with Crippen LogP contribution in [0.5, 0.6) is 11.5 Å². The molecule has 4 rings (SSSR count). The lowest BCUT2D eigenvalue weighted by molar-refractivity contribution is -0.135. The summed E-state index contributed by atoms with van der Waals surface area (Å²) in [5, 5.41) is 3.98. The molecule has 1 amide bonds. The van der Waals surface area contributed by atoms with Gasteiger partial charge in [-0.05, 0) is 43.0 Å². The monoisotopic (exact) mass is 409 g/mol. The predicted octanol–water partition coefficient (Wildman–Crippen LogP) is 2.40. The van der Waals surface area contributed by atoms with Gasteiger partial charge in [0.25, 0.3) is 5.91 Å². The lowest BCUT2D eigenvalue weighted by atomic mass is 9.95. The number of ether oxygens (including phenoxy) is 2. The van der Waals surface area contributed by atoms with Gasteiger partial charge in [0, 0.05) is 31.9 Å². The van der Waals surface area contributed by atoms with E-state index in [1.807, 2.05) is 4.90 Å². The summed E-state index contributed by atoms with van der Waals surface area (Å²) in [5.74, 6) is 2.59. The van der Waals surface area contributed by atoms with E-state index in [0.29, 0.717) is 36.1 Å². The van der Waals surface area contributed by atoms with E-state index in [1.54, 1.807) is 50.0 Å². The molecule has 1 unspecified atom stereocenters. The van der Waals surface area contributed by atoms with Gasteiger partial charge in [0.1, 0.15) is 17.2 Å². The van der Waals surface area contributed by atoms with Crippen LogP contribution < -0.4 is 9.47 Å². The van der Waals surface area contributed by atoms with Gasteiger partial charge in [0.15, 0.2) is 6.61 Å². The highest BCUT2D eigenvalue weighted by Gasteiger charge is 2.26. The van der Waals surface area contributed by atoms with Crippen LogP contribution in [0, 0.1) is 5.92 Å². The molecule has 1 fully saturated rings. The van der Waals surface area contributed by atoms with Crippen molar-refractivity contribution in [3.63, 3.8) is 0 Å². The quantitative estimate of drug-likeness (QED) is 0.586. The van der Waals surface area contributed by atoms with Crippen molar-refractivity contribution in [2.45, 2.75) is 19.3 Å². The van der Waals surface area contributed by atoms with Crippen LogP contribution in [-0.2, 0) is 11.2 Å². The molecule has 0 bridgehead atoms. The minimum atomic E-state index is -0.0266. The second-order valence-electron chi connectivity index (χ2n) is 7.12. The number of methoxy groups -OCH3 is 1. The molecular formula is C21H23N5O4. The second-order valence-corrected chi connectivity index (χ2v) is 7.12. The van der Waals surface area contributed by atoms with Gasteiger partial charge in [-0.3, -0.25) is 9.78 Å². The van der Waals surface area contributed by atoms with E-state index in [1.165, 1.54) is 0 Å². The zero-order valence-corrected chi connectivity index (χ0v) is 16.7. The maximum absolute atomic E-state index is 12.6. The molecule has 0 aliphatic carbocycles. The highest BCUT2D eigenvalue weighted by Crippen LogP contribution is 2.22. The van der Waals surface area contributed by atoms with E-state index in [-0.39, 0.29) is 18.4 Å². The Kier molecular flexibility index (Phi) is 6.17. The SMILES string of the molecule is COc1ccc(OCC(=O)N2CCCC(Cc3nc(-c4cnccn4)no3)C2)cc1. The third-order valence-corrected chi connectivity index (χ3v) is 5.02. The maximum Gasteiger partial charge on any atom is 0.260 e. The van der Waals surface area contributed by atoms with Gasteiger partial charge in [-0.15, -0.1) is 0 Å². The van der Waals surface area contributed by atoms with Crippen molar-refractivity contribution in [1.29, 1.82) is 0 Å². The Labute approximate surface area is 174 Å². The van der Waals surface area contributed by atoms with E-state index in [4.69, 9.17) is 14.0 Å². The van der Waals surface area contributed by atoms with Crippen LogP contribution in [0.25, 0.3) is 11.5 Å². The molecule has 9 nitrogen and oxygen atoms in total. The molecule has 0 spiro atoms. The van der Waals surface area contributed by atoms with E-state index in [0.717, 1.165) is 25.1 Å². The molecule has 3 heterocycles. The van der Waals surface area contributed by atoms with E-state index < -0.39 is 0 Å². The Bertz CT molecular complexity index is 961. The fraction of sp³-hybridized carbons (Fsp3) is 0.381. The zero-order chi connectivity index (χ0) is 20.8. The first-order valence-electron chi connectivity index (χ1n) is 9.85. The largest absolute Gasteiger partial charge is 0.497 e. The number of carbonyl (C=O) groups is 1. The lowest BCUT2D eigenvalue weighted by Gasteiger charge is -2.32. The molecule has 1 saturated heterocycles. The summed E-state index contributed by atoms with van der Waals surface area (Å²) in [4.78, 5) is 27.0. The number of rotatable bonds is 7.